The maximum atomic E-state index is 6.00. The molecule has 0 atom stereocenters. The van der Waals surface area contributed by atoms with E-state index >= 15 is 0 Å². The van der Waals surface area contributed by atoms with Gasteiger partial charge in [0.15, 0.2) is 5.82 Å². The van der Waals surface area contributed by atoms with E-state index in [9.17, 15) is 0 Å². The molecule has 1 aromatic carbocycles. The third-order valence-corrected chi connectivity index (χ3v) is 3.45. The summed E-state index contributed by atoms with van der Waals surface area (Å²) in [4.78, 5) is 0. The molecule has 0 unspecified atom stereocenters. The Morgan fingerprint density at radius 1 is 1.47 bits per heavy atom. The SMILES string of the molecule is COc1ccc(Cl)cc1-c1c(Br)c(N)nn1C. The van der Waals surface area contributed by atoms with E-state index in [1.165, 1.54) is 0 Å². The lowest BCUT2D eigenvalue weighted by Crippen LogP contribution is -1.96. The topological polar surface area (TPSA) is 53.1 Å². The lowest BCUT2D eigenvalue weighted by Gasteiger charge is -2.09. The summed E-state index contributed by atoms with van der Waals surface area (Å²) in [5, 5.41) is 4.77. The molecular weight excluding hydrogens is 305 g/mol. The Morgan fingerprint density at radius 3 is 2.71 bits per heavy atom. The van der Waals surface area contributed by atoms with E-state index in [2.05, 4.69) is 21.0 Å². The zero-order valence-electron chi connectivity index (χ0n) is 9.37. The minimum absolute atomic E-state index is 0.435. The van der Waals surface area contributed by atoms with Gasteiger partial charge in [0.25, 0.3) is 0 Å². The minimum Gasteiger partial charge on any atom is -0.496 e. The van der Waals surface area contributed by atoms with Crippen molar-refractivity contribution in [3.63, 3.8) is 0 Å². The Morgan fingerprint density at radius 2 is 2.18 bits per heavy atom. The molecule has 0 radical (unpaired) electrons. The molecule has 17 heavy (non-hydrogen) atoms. The zero-order chi connectivity index (χ0) is 12.6. The summed E-state index contributed by atoms with van der Waals surface area (Å²) >= 11 is 9.42. The van der Waals surface area contributed by atoms with Crippen molar-refractivity contribution in [2.45, 2.75) is 0 Å². The first-order valence-corrected chi connectivity index (χ1v) is 6.03. The van der Waals surface area contributed by atoms with Gasteiger partial charge in [-0.05, 0) is 34.1 Å². The van der Waals surface area contributed by atoms with Crippen LogP contribution in [0.3, 0.4) is 0 Å². The Balaban J connectivity index is 2.71. The number of hydrogen-bond acceptors (Lipinski definition) is 3. The molecule has 0 amide bonds. The molecule has 0 bridgehead atoms. The lowest BCUT2D eigenvalue weighted by atomic mass is 10.1. The highest BCUT2D eigenvalue weighted by molar-refractivity contribution is 9.10. The maximum absolute atomic E-state index is 6.00. The van der Waals surface area contributed by atoms with Crippen molar-refractivity contribution < 1.29 is 4.74 Å². The molecule has 0 aliphatic carbocycles. The predicted molar refractivity (Wildman–Crippen MR) is 72.3 cm³/mol. The molecule has 0 aliphatic heterocycles. The van der Waals surface area contributed by atoms with E-state index in [0.717, 1.165) is 21.5 Å². The molecule has 90 valence electrons. The van der Waals surface area contributed by atoms with Crippen molar-refractivity contribution in [3.05, 3.63) is 27.7 Å². The van der Waals surface area contributed by atoms with E-state index in [-0.39, 0.29) is 0 Å². The third kappa shape index (κ3) is 2.12. The van der Waals surface area contributed by atoms with Crippen LogP contribution in [0.2, 0.25) is 5.02 Å². The van der Waals surface area contributed by atoms with Crippen LogP contribution in [-0.4, -0.2) is 16.9 Å². The summed E-state index contributed by atoms with van der Waals surface area (Å²) in [6, 6.07) is 5.41. The highest BCUT2D eigenvalue weighted by Gasteiger charge is 2.17. The third-order valence-electron chi connectivity index (χ3n) is 2.43. The molecule has 0 saturated heterocycles. The number of hydrogen-bond donors (Lipinski definition) is 1. The number of methoxy groups -OCH3 is 1. The van der Waals surface area contributed by atoms with Crippen LogP contribution in [0.4, 0.5) is 5.82 Å². The molecule has 0 fully saturated rings. The average molecular weight is 317 g/mol. The lowest BCUT2D eigenvalue weighted by molar-refractivity contribution is 0.416. The Bertz CT molecular complexity index is 568. The van der Waals surface area contributed by atoms with Crippen LogP contribution in [0.1, 0.15) is 0 Å². The van der Waals surface area contributed by atoms with Gasteiger partial charge in [0.1, 0.15) is 5.75 Å². The number of nitrogen functional groups attached to an aromatic ring is 1. The van der Waals surface area contributed by atoms with Crippen LogP contribution in [0.15, 0.2) is 22.7 Å². The first kappa shape index (κ1) is 12.3. The van der Waals surface area contributed by atoms with Crippen molar-refractivity contribution >= 4 is 33.3 Å². The Labute approximate surface area is 112 Å². The van der Waals surface area contributed by atoms with Crippen LogP contribution in [-0.2, 0) is 7.05 Å². The van der Waals surface area contributed by atoms with Crippen LogP contribution in [0.25, 0.3) is 11.3 Å². The molecule has 1 heterocycles. The standard InChI is InChI=1S/C11H11BrClN3O/c1-16-10(9(12)11(14)15-16)7-5-6(13)3-4-8(7)17-2/h3-5H,1-2H3,(H2,14,15). The second-order valence-corrected chi connectivity index (χ2v) is 4.75. The van der Waals surface area contributed by atoms with Crippen molar-refractivity contribution in [1.29, 1.82) is 0 Å². The summed E-state index contributed by atoms with van der Waals surface area (Å²) in [6.45, 7) is 0. The van der Waals surface area contributed by atoms with Crippen LogP contribution < -0.4 is 10.5 Å². The average Bonchev–Trinajstić information content (AvgIpc) is 2.53. The van der Waals surface area contributed by atoms with Gasteiger partial charge in [-0.15, -0.1) is 0 Å². The highest BCUT2D eigenvalue weighted by Crippen LogP contribution is 2.38. The molecule has 6 heteroatoms. The van der Waals surface area contributed by atoms with Crippen molar-refractivity contribution in [3.8, 4) is 17.0 Å². The smallest absolute Gasteiger partial charge is 0.160 e. The normalized spacial score (nSPS) is 10.6. The fraction of sp³-hybridized carbons (Fsp3) is 0.182. The number of nitrogens with two attached hydrogens (primary N) is 1. The Kier molecular flexibility index (Phi) is 3.31. The van der Waals surface area contributed by atoms with E-state index in [0.29, 0.717) is 10.8 Å². The predicted octanol–water partition coefficient (Wildman–Crippen LogP) is 3.09. The first-order chi connectivity index (χ1) is 8.04. The van der Waals surface area contributed by atoms with Gasteiger partial charge in [-0.3, -0.25) is 4.68 Å². The summed E-state index contributed by atoms with van der Waals surface area (Å²) < 4.78 is 7.74. The van der Waals surface area contributed by atoms with Gasteiger partial charge in [0, 0.05) is 17.6 Å². The molecule has 4 nitrogen and oxygen atoms in total. The maximum Gasteiger partial charge on any atom is 0.160 e. The molecule has 2 aromatic rings. The summed E-state index contributed by atoms with van der Waals surface area (Å²) in [5.74, 6) is 1.16. The van der Waals surface area contributed by atoms with Crippen molar-refractivity contribution in [2.75, 3.05) is 12.8 Å². The molecule has 2 N–H and O–H groups in total. The molecule has 1 aromatic heterocycles. The molecule has 2 rings (SSSR count). The van der Waals surface area contributed by atoms with E-state index < -0.39 is 0 Å². The zero-order valence-corrected chi connectivity index (χ0v) is 11.7. The van der Waals surface area contributed by atoms with Gasteiger partial charge < -0.3 is 10.5 Å². The summed E-state index contributed by atoms with van der Waals surface area (Å²) in [6.07, 6.45) is 0. The van der Waals surface area contributed by atoms with Gasteiger partial charge >= 0.3 is 0 Å². The molecule has 0 aliphatic rings. The highest BCUT2D eigenvalue weighted by atomic mass is 79.9. The van der Waals surface area contributed by atoms with Gasteiger partial charge in [-0.1, -0.05) is 11.6 Å². The van der Waals surface area contributed by atoms with Gasteiger partial charge in [0.2, 0.25) is 0 Å². The minimum atomic E-state index is 0.435. The largest absolute Gasteiger partial charge is 0.496 e. The van der Waals surface area contributed by atoms with Gasteiger partial charge in [-0.2, -0.15) is 5.10 Å². The van der Waals surface area contributed by atoms with Crippen molar-refractivity contribution in [1.82, 2.24) is 9.78 Å². The number of ether oxygens (including phenoxy) is 1. The number of nitrogens with zero attached hydrogens (tertiary/aromatic N) is 2. The number of aryl methyl sites for hydroxylation is 1. The van der Waals surface area contributed by atoms with Crippen LogP contribution in [0, 0.1) is 0 Å². The number of aromatic nitrogens is 2. The number of anilines is 1. The second kappa shape index (κ2) is 4.58. The van der Waals surface area contributed by atoms with Crippen molar-refractivity contribution in [2.24, 2.45) is 7.05 Å². The fourth-order valence-corrected chi connectivity index (χ4v) is 2.40. The van der Waals surface area contributed by atoms with E-state index in [4.69, 9.17) is 22.1 Å². The Hall–Kier alpha value is -1.20. The van der Waals surface area contributed by atoms with E-state index in [1.54, 1.807) is 17.9 Å². The second-order valence-electron chi connectivity index (χ2n) is 3.52. The monoisotopic (exact) mass is 315 g/mol. The number of halogens is 2. The fourth-order valence-electron chi connectivity index (χ4n) is 1.68. The van der Waals surface area contributed by atoms with Crippen LogP contribution in [0.5, 0.6) is 5.75 Å². The van der Waals surface area contributed by atoms with Gasteiger partial charge in [-0.25, -0.2) is 0 Å². The summed E-state index contributed by atoms with van der Waals surface area (Å²) in [7, 11) is 3.43. The van der Waals surface area contributed by atoms with Gasteiger partial charge in [0.05, 0.1) is 17.3 Å². The molecule has 0 saturated carbocycles. The first-order valence-electron chi connectivity index (χ1n) is 4.86. The molecule has 0 spiro atoms. The summed E-state index contributed by atoms with van der Waals surface area (Å²) in [5.41, 5.74) is 7.44. The van der Waals surface area contributed by atoms with E-state index in [1.807, 2.05) is 19.2 Å². The van der Waals surface area contributed by atoms with Crippen LogP contribution >= 0.6 is 27.5 Å². The quantitative estimate of drug-likeness (QED) is 0.926. The number of benzene rings is 1. The molecular formula is C11H11BrClN3O. The number of rotatable bonds is 2.